The molecule has 0 aliphatic carbocycles. The van der Waals surface area contributed by atoms with Crippen LogP contribution in [0, 0.1) is 12.3 Å². The zero-order valence-electron chi connectivity index (χ0n) is 21.4. The Morgan fingerprint density at radius 2 is 1.92 bits per heavy atom. The second-order valence-corrected chi connectivity index (χ2v) is 12.6. The van der Waals surface area contributed by atoms with Crippen molar-refractivity contribution >= 4 is 32.7 Å². The summed E-state index contributed by atoms with van der Waals surface area (Å²) in [7, 11) is -1.90. The molecular weight excluding hydrogens is 516 g/mol. The lowest BCUT2D eigenvalue weighted by atomic mass is 9.69. The van der Waals surface area contributed by atoms with Crippen LogP contribution in [0.2, 0.25) is 0 Å². The van der Waals surface area contributed by atoms with E-state index in [-0.39, 0.29) is 30.6 Å². The fourth-order valence-corrected chi connectivity index (χ4v) is 7.17. The van der Waals surface area contributed by atoms with Crippen LogP contribution in [0.3, 0.4) is 0 Å². The van der Waals surface area contributed by atoms with Crippen molar-refractivity contribution in [2.45, 2.75) is 43.0 Å². The Labute approximate surface area is 219 Å². The Balaban J connectivity index is 1.17. The molecule has 204 valence electrons. The SMILES string of the molecule is Cc1cc2cnc(NC3CCN(S(=O)(=O)c4cnn(C)c4)CC3)nc2c(N2CC3(CCNCC3(F)F)C2)n1. The molecule has 6 heterocycles. The molecule has 3 saturated heterocycles. The maximum atomic E-state index is 14.7. The molecule has 0 bridgehead atoms. The van der Waals surface area contributed by atoms with Crippen molar-refractivity contribution in [3.8, 4) is 0 Å². The molecule has 3 aromatic rings. The first-order valence-corrected chi connectivity index (χ1v) is 14.2. The molecule has 0 unspecified atom stereocenters. The van der Waals surface area contributed by atoms with Crippen LogP contribution in [0.5, 0.6) is 0 Å². The summed E-state index contributed by atoms with van der Waals surface area (Å²) in [6.07, 6.45) is 6.20. The number of fused-ring (bicyclic) bond motifs is 1. The van der Waals surface area contributed by atoms with Crippen LogP contribution in [0.4, 0.5) is 20.5 Å². The lowest BCUT2D eigenvalue weighted by Gasteiger charge is -2.56. The first-order chi connectivity index (χ1) is 18.1. The van der Waals surface area contributed by atoms with E-state index in [4.69, 9.17) is 4.98 Å². The van der Waals surface area contributed by atoms with E-state index in [1.54, 1.807) is 13.2 Å². The number of alkyl halides is 2. The average molecular weight is 548 g/mol. The summed E-state index contributed by atoms with van der Waals surface area (Å²) in [5.41, 5.74) is 0.364. The molecule has 3 aromatic heterocycles. The van der Waals surface area contributed by atoms with Gasteiger partial charge in [0, 0.05) is 62.7 Å². The topological polar surface area (TPSA) is 121 Å². The maximum Gasteiger partial charge on any atom is 0.269 e. The van der Waals surface area contributed by atoms with Gasteiger partial charge in [0.05, 0.1) is 18.2 Å². The van der Waals surface area contributed by atoms with Crippen molar-refractivity contribution in [1.82, 2.24) is 34.4 Å². The van der Waals surface area contributed by atoms with Crippen molar-refractivity contribution in [1.29, 1.82) is 0 Å². The summed E-state index contributed by atoms with van der Waals surface area (Å²) in [6, 6.07) is 1.88. The standard InChI is InChI=1S/C24H31F2N9O2S/c1-16-9-17-10-28-22(31-18-3-7-35(8-4-18)38(36,37)19-11-29-33(2)12-19)32-20(17)21(30-16)34-14-23(15-34)5-6-27-13-24(23,25)26/h9-12,18,27H,3-8,13-15H2,1-2H3,(H,28,31,32). The molecule has 3 aliphatic heterocycles. The Bertz CT molecular complexity index is 1460. The maximum absolute atomic E-state index is 14.7. The summed E-state index contributed by atoms with van der Waals surface area (Å²) in [5.74, 6) is -1.74. The van der Waals surface area contributed by atoms with Gasteiger partial charge in [-0.2, -0.15) is 9.40 Å². The number of aryl methyl sites for hydroxylation is 2. The summed E-state index contributed by atoms with van der Waals surface area (Å²) < 4.78 is 58.2. The number of nitrogens with one attached hydrogen (secondary N) is 2. The molecule has 38 heavy (non-hydrogen) atoms. The van der Waals surface area contributed by atoms with Gasteiger partial charge in [-0.05, 0) is 38.8 Å². The van der Waals surface area contributed by atoms with Gasteiger partial charge >= 0.3 is 0 Å². The highest BCUT2D eigenvalue weighted by molar-refractivity contribution is 7.89. The van der Waals surface area contributed by atoms with Gasteiger partial charge in [0.25, 0.3) is 5.92 Å². The average Bonchev–Trinajstić information content (AvgIpc) is 3.30. The number of anilines is 2. The summed E-state index contributed by atoms with van der Waals surface area (Å²) in [4.78, 5) is 16.0. The van der Waals surface area contributed by atoms with Crippen LogP contribution in [-0.2, 0) is 17.1 Å². The van der Waals surface area contributed by atoms with Gasteiger partial charge < -0.3 is 15.5 Å². The molecule has 1 spiro atoms. The van der Waals surface area contributed by atoms with Crippen molar-refractivity contribution in [2.24, 2.45) is 12.5 Å². The predicted molar refractivity (Wildman–Crippen MR) is 138 cm³/mol. The first kappa shape index (κ1) is 25.3. The van der Waals surface area contributed by atoms with E-state index < -0.39 is 21.4 Å². The fourth-order valence-electron chi connectivity index (χ4n) is 5.71. The van der Waals surface area contributed by atoms with E-state index >= 15 is 0 Å². The molecule has 3 fully saturated rings. The van der Waals surface area contributed by atoms with Crippen LogP contribution in [0.25, 0.3) is 10.9 Å². The highest BCUT2D eigenvalue weighted by Gasteiger charge is 2.61. The molecule has 0 atom stereocenters. The molecule has 3 aliphatic rings. The van der Waals surface area contributed by atoms with Crippen molar-refractivity contribution in [3.63, 3.8) is 0 Å². The molecule has 0 aromatic carbocycles. The molecule has 11 nitrogen and oxygen atoms in total. The van der Waals surface area contributed by atoms with Crippen LogP contribution in [0.15, 0.2) is 29.6 Å². The van der Waals surface area contributed by atoms with Gasteiger partial charge in [-0.3, -0.25) is 4.68 Å². The third-order valence-electron chi connectivity index (χ3n) is 7.97. The van der Waals surface area contributed by atoms with Crippen LogP contribution in [-0.4, -0.2) is 88.7 Å². The van der Waals surface area contributed by atoms with Gasteiger partial charge in [0.1, 0.15) is 10.4 Å². The van der Waals surface area contributed by atoms with E-state index in [0.29, 0.717) is 56.2 Å². The number of aromatic nitrogens is 5. The fraction of sp³-hybridized carbons (Fsp3) is 0.583. The Hall–Kier alpha value is -2.97. The van der Waals surface area contributed by atoms with Crippen LogP contribution < -0.4 is 15.5 Å². The minimum Gasteiger partial charge on any atom is -0.353 e. The summed E-state index contributed by atoms with van der Waals surface area (Å²) in [6.45, 7) is 3.39. The molecule has 6 rings (SSSR count). The van der Waals surface area contributed by atoms with Gasteiger partial charge in [-0.1, -0.05) is 0 Å². The number of hydrogen-bond donors (Lipinski definition) is 2. The third-order valence-corrected chi connectivity index (χ3v) is 9.82. The smallest absolute Gasteiger partial charge is 0.269 e. The third kappa shape index (κ3) is 4.28. The normalized spacial score (nSPS) is 22.1. The molecular formula is C24H31F2N9O2S. The Morgan fingerprint density at radius 3 is 2.61 bits per heavy atom. The molecule has 14 heteroatoms. The molecule has 2 N–H and O–H groups in total. The second kappa shape index (κ2) is 9.06. The van der Waals surface area contributed by atoms with Crippen molar-refractivity contribution < 1.29 is 17.2 Å². The number of nitrogens with zero attached hydrogens (tertiary/aromatic N) is 7. The Kier molecular flexibility index (Phi) is 6.03. The zero-order valence-corrected chi connectivity index (χ0v) is 22.2. The van der Waals surface area contributed by atoms with Crippen LogP contribution >= 0.6 is 0 Å². The van der Waals surface area contributed by atoms with Gasteiger partial charge in [-0.15, -0.1) is 0 Å². The van der Waals surface area contributed by atoms with Gasteiger partial charge in [0.2, 0.25) is 16.0 Å². The lowest BCUT2D eigenvalue weighted by Crippen LogP contribution is -2.70. The monoisotopic (exact) mass is 547 g/mol. The number of piperidine rings is 2. The van der Waals surface area contributed by atoms with E-state index in [1.165, 1.54) is 21.4 Å². The minimum atomic E-state index is -3.58. The number of hydrogen-bond acceptors (Lipinski definition) is 9. The lowest BCUT2D eigenvalue weighted by molar-refractivity contribution is -0.151. The quantitative estimate of drug-likeness (QED) is 0.492. The Morgan fingerprint density at radius 1 is 1.16 bits per heavy atom. The largest absolute Gasteiger partial charge is 0.353 e. The summed E-state index contributed by atoms with van der Waals surface area (Å²) in [5, 5.41) is 10.9. The number of halogens is 2. The molecule has 0 amide bonds. The number of sulfonamides is 1. The number of pyridine rings is 1. The van der Waals surface area contributed by atoms with Crippen LogP contribution in [0.1, 0.15) is 25.0 Å². The molecule has 0 radical (unpaired) electrons. The van der Waals surface area contributed by atoms with Gasteiger partial charge in [0.15, 0.2) is 5.82 Å². The number of rotatable bonds is 5. The highest BCUT2D eigenvalue weighted by atomic mass is 32.2. The van der Waals surface area contributed by atoms with E-state index in [1.807, 2.05) is 17.9 Å². The van der Waals surface area contributed by atoms with Crippen molar-refractivity contribution in [3.05, 3.63) is 30.4 Å². The summed E-state index contributed by atoms with van der Waals surface area (Å²) >= 11 is 0. The molecule has 0 saturated carbocycles. The zero-order chi connectivity index (χ0) is 26.7. The van der Waals surface area contributed by atoms with Crippen molar-refractivity contribution in [2.75, 3.05) is 49.5 Å². The highest BCUT2D eigenvalue weighted by Crippen LogP contribution is 2.50. The predicted octanol–water partition coefficient (Wildman–Crippen LogP) is 1.77. The van der Waals surface area contributed by atoms with Gasteiger partial charge in [-0.25, -0.2) is 32.2 Å². The first-order valence-electron chi connectivity index (χ1n) is 12.8. The second-order valence-electron chi connectivity index (χ2n) is 10.7. The van der Waals surface area contributed by atoms with E-state index in [0.717, 1.165) is 11.1 Å². The van der Waals surface area contributed by atoms with E-state index in [9.17, 15) is 17.2 Å². The minimum absolute atomic E-state index is 0.00429. The van der Waals surface area contributed by atoms with E-state index in [2.05, 4.69) is 25.7 Å².